The van der Waals surface area contributed by atoms with Crippen LogP contribution in [0.4, 0.5) is 5.69 Å². The number of carbonyl (C=O) groups is 2. The van der Waals surface area contributed by atoms with Gasteiger partial charge < -0.3 is 25.5 Å². The molecule has 1 aliphatic rings. The van der Waals surface area contributed by atoms with E-state index in [0.29, 0.717) is 28.2 Å². The fraction of sp³-hybridized carbons (Fsp3) is 0.273. The highest BCUT2D eigenvalue weighted by Gasteiger charge is 2.28. The van der Waals surface area contributed by atoms with Crippen LogP contribution in [-0.2, 0) is 9.59 Å². The van der Waals surface area contributed by atoms with E-state index in [4.69, 9.17) is 15.3 Å². The molecule has 0 radical (unpaired) electrons. The topological polar surface area (TPSA) is 125 Å². The summed E-state index contributed by atoms with van der Waals surface area (Å²) in [5.41, 5.74) is 1.78. The van der Waals surface area contributed by atoms with Crippen LogP contribution in [0, 0.1) is 6.92 Å². The number of rotatable bonds is 7. The lowest BCUT2D eigenvalue weighted by molar-refractivity contribution is -0.131. The molecule has 11 heteroatoms. The molecule has 2 amide bonds. The van der Waals surface area contributed by atoms with E-state index in [1.54, 1.807) is 13.1 Å². The second-order valence-electron chi connectivity index (χ2n) is 7.53. The lowest BCUT2D eigenvalue weighted by Gasteiger charge is -2.25. The van der Waals surface area contributed by atoms with E-state index in [0.717, 1.165) is 17.3 Å². The van der Waals surface area contributed by atoms with Crippen molar-refractivity contribution < 1.29 is 19.1 Å². The lowest BCUT2D eigenvalue weighted by atomic mass is 10.2. The zero-order chi connectivity index (χ0) is 23.4. The second kappa shape index (κ2) is 9.82. The molecule has 10 nitrogen and oxygen atoms in total. The highest BCUT2D eigenvalue weighted by Crippen LogP contribution is 2.35. The molecule has 4 rings (SSSR count). The Labute approximate surface area is 195 Å². The summed E-state index contributed by atoms with van der Waals surface area (Å²) in [7, 11) is 1.57. The number of hydrogen-bond donors (Lipinski definition) is 2. The van der Waals surface area contributed by atoms with Gasteiger partial charge in [-0.15, -0.1) is 10.2 Å². The average molecular weight is 469 g/mol. The van der Waals surface area contributed by atoms with E-state index in [9.17, 15) is 9.59 Å². The zero-order valence-electron chi connectivity index (χ0n) is 18.2. The number of para-hydroxylation sites is 2. The molecule has 3 N–H and O–H groups in total. The van der Waals surface area contributed by atoms with Crippen molar-refractivity contribution in [1.29, 1.82) is 0 Å². The van der Waals surface area contributed by atoms with Gasteiger partial charge in [0.05, 0.1) is 12.3 Å². The number of anilines is 1. The Balaban J connectivity index is 1.29. The Bertz CT molecular complexity index is 1150. The van der Waals surface area contributed by atoms with Gasteiger partial charge in [0.15, 0.2) is 23.4 Å². The molecule has 1 aliphatic heterocycles. The molecule has 1 aromatic heterocycles. The van der Waals surface area contributed by atoms with Crippen molar-refractivity contribution in [2.24, 2.45) is 0 Å². The van der Waals surface area contributed by atoms with Crippen LogP contribution in [0.5, 0.6) is 11.5 Å². The van der Waals surface area contributed by atoms with E-state index in [1.807, 2.05) is 49.4 Å². The van der Waals surface area contributed by atoms with Crippen LogP contribution in [0.25, 0.3) is 0 Å². The number of amides is 2. The molecule has 2 aromatic carbocycles. The summed E-state index contributed by atoms with van der Waals surface area (Å²) in [5, 5.41) is 11.3. The minimum atomic E-state index is -0.518. The first-order valence-electron chi connectivity index (χ1n) is 10.2. The van der Waals surface area contributed by atoms with Crippen LogP contribution in [0.2, 0.25) is 0 Å². The number of carbonyl (C=O) groups excluding carboxylic acids is 2. The van der Waals surface area contributed by atoms with Gasteiger partial charge in [0.1, 0.15) is 6.61 Å². The molecule has 0 unspecified atom stereocenters. The smallest absolute Gasteiger partial charge is 0.243 e. The minimum absolute atomic E-state index is 0.0501. The number of aryl methyl sites for hydroxylation is 1. The molecule has 33 heavy (non-hydrogen) atoms. The van der Waals surface area contributed by atoms with Crippen molar-refractivity contribution >= 4 is 29.3 Å². The van der Waals surface area contributed by atoms with Crippen LogP contribution < -0.4 is 20.6 Å². The van der Waals surface area contributed by atoms with Gasteiger partial charge in [-0.1, -0.05) is 41.6 Å². The number of likely N-dealkylation sites (N-methyl/N-ethyl adjacent to an activating group) is 1. The van der Waals surface area contributed by atoms with Crippen LogP contribution in [0.15, 0.2) is 53.7 Å². The first-order chi connectivity index (χ1) is 15.9. The number of ether oxygens (including phenoxy) is 2. The van der Waals surface area contributed by atoms with Crippen molar-refractivity contribution in [3.05, 3.63) is 59.9 Å². The van der Waals surface area contributed by atoms with Gasteiger partial charge in [-0.2, -0.15) is 0 Å². The predicted molar refractivity (Wildman–Crippen MR) is 124 cm³/mol. The summed E-state index contributed by atoms with van der Waals surface area (Å²) in [6, 6.07) is 14.8. The number of nitrogens with one attached hydrogen (secondary N) is 1. The Morgan fingerprint density at radius 1 is 1.18 bits per heavy atom. The number of hydrogen-bond acceptors (Lipinski definition) is 8. The van der Waals surface area contributed by atoms with Crippen LogP contribution in [0.1, 0.15) is 17.5 Å². The first-order valence-corrected chi connectivity index (χ1v) is 11.2. The van der Waals surface area contributed by atoms with Gasteiger partial charge in [-0.25, -0.2) is 4.68 Å². The van der Waals surface area contributed by atoms with Gasteiger partial charge in [-0.3, -0.25) is 9.59 Å². The molecule has 0 aliphatic carbocycles. The average Bonchev–Trinajstić information content (AvgIpc) is 3.18. The van der Waals surface area contributed by atoms with Crippen molar-refractivity contribution in [2.45, 2.75) is 18.2 Å². The lowest BCUT2D eigenvalue weighted by Crippen LogP contribution is -2.36. The molecule has 0 saturated heterocycles. The summed E-state index contributed by atoms with van der Waals surface area (Å²) >= 11 is 1.13. The second-order valence-corrected chi connectivity index (χ2v) is 8.47. The molecule has 2 heterocycles. The normalized spacial score (nSPS) is 14.5. The molecule has 0 saturated carbocycles. The van der Waals surface area contributed by atoms with E-state index in [-0.39, 0.29) is 30.7 Å². The molecular weight excluding hydrogens is 444 g/mol. The first kappa shape index (κ1) is 22.5. The Morgan fingerprint density at radius 2 is 1.91 bits per heavy atom. The summed E-state index contributed by atoms with van der Waals surface area (Å²) < 4.78 is 12.9. The highest BCUT2D eigenvalue weighted by molar-refractivity contribution is 7.99. The SMILES string of the molecule is Cc1ccc(NC(=O)CN(C)C(=O)CSc2nnc([C@@H]3COc4ccccc4O3)n2N)cc1. The van der Waals surface area contributed by atoms with Crippen molar-refractivity contribution in [3.63, 3.8) is 0 Å². The number of thioether (sulfide) groups is 1. The number of nitrogens with zero attached hydrogens (tertiary/aromatic N) is 4. The fourth-order valence-corrected chi connectivity index (χ4v) is 3.93. The largest absolute Gasteiger partial charge is 0.485 e. The van der Waals surface area contributed by atoms with E-state index < -0.39 is 6.10 Å². The summed E-state index contributed by atoms with van der Waals surface area (Å²) in [6.45, 7) is 2.14. The summed E-state index contributed by atoms with van der Waals surface area (Å²) in [5.74, 6) is 7.33. The Kier molecular flexibility index (Phi) is 6.68. The molecule has 0 spiro atoms. The predicted octanol–water partition coefficient (Wildman–Crippen LogP) is 2.00. The van der Waals surface area contributed by atoms with E-state index in [1.165, 1.54) is 9.58 Å². The third-order valence-electron chi connectivity index (χ3n) is 4.95. The molecule has 3 aromatic rings. The van der Waals surface area contributed by atoms with Gasteiger partial charge >= 0.3 is 0 Å². The van der Waals surface area contributed by atoms with Gasteiger partial charge in [0.2, 0.25) is 17.0 Å². The number of benzene rings is 2. The number of nitrogen functional groups attached to an aromatic ring is 1. The van der Waals surface area contributed by atoms with E-state index >= 15 is 0 Å². The summed E-state index contributed by atoms with van der Waals surface area (Å²) in [6.07, 6.45) is -0.518. The van der Waals surface area contributed by atoms with Crippen LogP contribution >= 0.6 is 11.8 Å². The monoisotopic (exact) mass is 468 g/mol. The van der Waals surface area contributed by atoms with Gasteiger partial charge in [0, 0.05) is 12.7 Å². The number of nitrogens with two attached hydrogens (primary N) is 1. The standard InChI is InChI=1S/C22H24N6O4S/c1-14-7-9-15(10-8-14)24-19(29)11-27(2)20(30)13-33-22-26-25-21(28(22)23)18-12-31-16-5-3-4-6-17(16)32-18/h3-10,18H,11-13,23H2,1-2H3,(H,24,29)/t18-/m0/s1. The molecule has 0 fully saturated rings. The fourth-order valence-electron chi connectivity index (χ4n) is 3.13. The number of fused-ring (bicyclic) bond motifs is 1. The molecule has 0 bridgehead atoms. The van der Waals surface area contributed by atoms with E-state index in [2.05, 4.69) is 15.5 Å². The van der Waals surface area contributed by atoms with Crippen LogP contribution in [0.3, 0.4) is 0 Å². The maximum absolute atomic E-state index is 12.5. The highest BCUT2D eigenvalue weighted by atomic mass is 32.2. The maximum atomic E-state index is 12.5. The minimum Gasteiger partial charge on any atom is -0.485 e. The third kappa shape index (κ3) is 5.37. The zero-order valence-corrected chi connectivity index (χ0v) is 19.0. The molecule has 1 atom stereocenters. The van der Waals surface area contributed by atoms with Gasteiger partial charge in [0.25, 0.3) is 0 Å². The Morgan fingerprint density at radius 3 is 2.67 bits per heavy atom. The maximum Gasteiger partial charge on any atom is 0.243 e. The summed E-state index contributed by atoms with van der Waals surface area (Å²) in [4.78, 5) is 26.1. The quantitative estimate of drug-likeness (QED) is 0.399. The molecular formula is C22H24N6O4S. The van der Waals surface area contributed by atoms with Crippen molar-refractivity contribution in [2.75, 3.05) is 37.1 Å². The Hall–Kier alpha value is -3.73. The van der Waals surface area contributed by atoms with Crippen molar-refractivity contribution in [1.82, 2.24) is 19.8 Å². The number of aromatic nitrogens is 3. The van der Waals surface area contributed by atoms with Crippen LogP contribution in [-0.4, -0.2) is 57.5 Å². The van der Waals surface area contributed by atoms with Gasteiger partial charge in [-0.05, 0) is 31.2 Å². The molecule has 172 valence electrons. The van der Waals surface area contributed by atoms with Crippen molar-refractivity contribution in [3.8, 4) is 11.5 Å². The third-order valence-corrected chi connectivity index (χ3v) is 5.88.